The van der Waals surface area contributed by atoms with Crippen LogP contribution in [-0.2, 0) is 6.54 Å². The Bertz CT molecular complexity index is 485. The Labute approximate surface area is 159 Å². The minimum absolute atomic E-state index is 0. The summed E-state index contributed by atoms with van der Waals surface area (Å²) in [5.41, 5.74) is 0.652. The zero-order chi connectivity index (χ0) is 17.1. The maximum absolute atomic E-state index is 12.4. The summed E-state index contributed by atoms with van der Waals surface area (Å²) >= 11 is 0. The highest BCUT2D eigenvalue weighted by atomic mass is 127. The molecule has 5 nitrogen and oxygen atoms in total. The summed E-state index contributed by atoms with van der Waals surface area (Å²) in [6.07, 6.45) is 0. The van der Waals surface area contributed by atoms with Crippen molar-refractivity contribution < 1.29 is 13.5 Å². The fourth-order valence-corrected chi connectivity index (χ4v) is 2.13. The number of benzene rings is 1. The zero-order valence-corrected chi connectivity index (χ0v) is 16.7. The number of hydrogen-bond acceptors (Lipinski definition) is 3. The maximum atomic E-state index is 12.4. The van der Waals surface area contributed by atoms with E-state index in [0.29, 0.717) is 18.1 Å². The van der Waals surface area contributed by atoms with Gasteiger partial charge in [0.2, 0.25) is 0 Å². The lowest BCUT2D eigenvalue weighted by atomic mass is 10.2. The highest BCUT2D eigenvalue weighted by Gasteiger charge is 2.09. The van der Waals surface area contributed by atoms with Crippen LogP contribution in [0, 0.1) is 0 Å². The molecule has 0 spiro atoms. The third kappa shape index (κ3) is 8.62. The van der Waals surface area contributed by atoms with Crippen LogP contribution in [0.1, 0.15) is 19.4 Å². The van der Waals surface area contributed by atoms with Crippen molar-refractivity contribution in [1.29, 1.82) is 0 Å². The van der Waals surface area contributed by atoms with Gasteiger partial charge in [-0.2, -0.15) is 8.78 Å². The van der Waals surface area contributed by atoms with Crippen molar-refractivity contribution in [2.45, 2.75) is 27.0 Å². The molecule has 138 valence electrons. The first-order valence-electron chi connectivity index (χ1n) is 7.80. The SMILES string of the molecule is CCN(CC)CCNC(=NC)NCc1ccccc1OC(F)F.I. The van der Waals surface area contributed by atoms with Crippen LogP contribution in [0.4, 0.5) is 8.78 Å². The molecule has 0 aliphatic heterocycles. The van der Waals surface area contributed by atoms with E-state index in [9.17, 15) is 8.78 Å². The predicted octanol–water partition coefficient (Wildman–Crippen LogP) is 2.91. The van der Waals surface area contributed by atoms with E-state index in [1.807, 2.05) is 0 Å². The Balaban J connectivity index is 0.00000529. The number of rotatable bonds is 9. The molecule has 0 unspecified atom stereocenters. The molecule has 8 heteroatoms. The van der Waals surface area contributed by atoms with E-state index in [1.54, 1.807) is 25.2 Å². The summed E-state index contributed by atoms with van der Waals surface area (Å²) < 4.78 is 29.3. The van der Waals surface area contributed by atoms with Crippen molar-refractivity contribution in [3.63, 3.8) is 0 Å². The van der Waals surface area contributed by atoms with Crippen molar-refractivity contribution in [1.82, 2.24) is 15.5 Å². The van der Waals surface area contributed by atoms with Gasteiger partial charge in [0.25, 0.3) is 0 Å². The third-order valence-corrected chi connectivity index (χ3v) is 3.47. The lowest BCUT2D eigenvalue weighted by molar-refractivity contribution is -0.0504. The van der Waals surface area contributed by atoms with E-state index in [-0.39, 0.29) is 29.7 Å². The fraction of sp³-hybridized carbons (Fsp3) is 0.562. The number of nitrogens with zero attached hydrogens (tertiary/aromatic N) is 2. The van der Waals surface area contributed by atoms with Crippen molar-refractivity contribution >= 4 is 29.9 Å². The standard InChI is InChI=1S/C16H26F2N4O.HI/c1-4-22(5-2)11-10-20-16(19-3)21-12-13-8-6-7-9-14(13)23-15(17)18;/h6-9,15H,4-5,10-12H2,1-3H3,(H2,19,20,21);1H. The van der Waals surface area contributed by atoms with E-state index >= 15 is 0 Å². The van der Waals surface area contributed by atoms with Gasteiger partial charge in [0, 0.05) is 32.2 Å². The van der Waals surface area contributed by atoms with Crippen molar-refractivity contribution in [3.8, 4) is 5.75 Å². The molecular formula is C16H27F2IN4O. The molecule has 1 aromatic rings. The topological polar surface area (TPSA) is 48.9 Å². The Hall–Kier alpha value is -1.16. The van der Waals surface area contributed by atoms with E-state index in [0.717, 1.165) is 26.2 Å². The molecular weight excluding hydrogens is 429 g/mol. The van der Waals surface area contributed by atoms with Gasteiger partial charge in [0.1, 0.15) is 5.75 Å². The van der Waals surface area contributed by atoms with Gasteiger partial charge in [-0.05, 0) is 19.2 Å². The van der Waals surface area contributed by atoms with Gasteiger partial charge in [-0.1, -0.05) is 32.0 Å². The number of likely N-dealkylation sites (N-methyl/N-ethyl adjacent to an activating group) is 1. The quantitative estimate of drug-likeness (QED) is 0.341. The maximum Gasteiger partial charge on any atom is 0.387 e. The molecule has 2 N–H and O–H groups in total. The smallest absolute Gasteiger partial charge is 0.387 e. The summed E-state index contributed by atoms with van der Waals surface area (Å²) in [6.45, 7) is 5.45. The molecule has 1 rings (SSSR count). The van der Waals surface area contributed by atoms with Crippen molar-refractivity contribution in [3.05, 3.63) is 29.8 Å². The number of hydrogen-bond donors (Lipinski definition) is 2. The molecule has 0 aromatic heterocycles. The summed E-state index contributed by atoms with van der Waals surface area (Å²) in [4.78, 5) is 6.43. The molecule has 0 aliphatic carbocycles. The van der Waals surface area contributed by atoms with Crippen LogP contribution >= 0.6 is 24.0 Å². The largest absolute Gasteiger partial charge is 0.434 e. The van der Waals surface area contributed by atoms with E-state index in [1.165, 1.54) is 6.07 Å². The van der Waals surface area contributed by atoms with Crippen LogP contribution in [0.5, 0.6) is 5.75 Å². The second kappa shape index (κ2) is 13.2. The van der Waals surface area contributed by atoms with Gasteiger partial charge < -0.3 is 20.3 Å². The van der Waals surface area contributed by atoms with E-state index in [2.05, 4.69) is 39.1 Å². The van der Waals surface area contributed by atoms with Crippen molar-refractivity contribution in [2.75, 3.05) is 33.2 Å². The minimum atomic E-state index is -2.83. The van der Waals surface area contributed by atoms with Gasteiger partial charge in [-0.25, -0.2) is 0 Å². The summed E-state index contributed by atoms with van der Waals surface area (Å²) in [5, 5.41) is 6.31. The Kier molecular flexibility index (Phi) is 12.5. The van der Waals surface area contributed by atoms with Crippen LogP contribution in [0.25, 0.3) is 0 Å². The van der Waals surface area contributed by atoms with Crippen LogP contribution < -0.4 is 15.4 Å². The number of aliphatic imine (C=N–C) groups is 1. The number of nitrogens with one attached hydrogen (secondary N) is 2. The van der Waals surface area contributed by atoms with Crippen LogP contribution in [0.2, 0.25) is 0 Å². The van der Waals surface area contributed by atoms with Crippen LogP contribution in [0.3, 0.4) is 0 Å². The number of ether oxygens (including phenoxy) is 1. The first-order valence-corrected chi connectivity index (χ1v) is 7.80. The number of para-hydroxylation sites is 1. The molecule has 0 amide bonds. The molecule has 0 saturated carbocycles. The van der Waals surface area contributed by atoms with Gasteiger partial charge in [0.15, 0.2) is 5.96 Å². The van der Waals surface area contributed by atoms with Crippen molar-refractivity contribution in [2.24, 2.45) is 4.99 Å². The average molecular weight is 456 g/mol. The van der Waals surface area contributed by atoms with Gasteiger partial charge in [-0.3, -0.25) is 4.99 Å². The molecule has 0 fully saturated rings. The molecule has 1 aromatic carbocycles. The first-order chi connectivity index (χ1) is 11.1. The third-order valence-electron chi connectivity index (χ3n) is 3.47. The van der Waals surface area contributed by atoms with E-state index in [4.69, 9.17) is 0 Å². The van der Waals surface area contributed by atoms with Crippen LogP contribution in [0.15, 0.2) is 29.3 Å². The zero-order valence-electron chi connectivity index (χ0n) is 14.4. The first kappa shape index (κ1) is 22.8. The summed E-state index contributed by atoms with van der Waals surface area (Å²) in [5.74, 6) is 0.803. The number of guanidine groups is 1. The van der Waals surface area contributed by atoms with Gasteiger partial charge >= 0.3 is 6.61 Å². The second-order valence-corrected chi connectivity index (χ2v) is 4.87. The van der Waals surface area contributed by atoms with Gasteiger partial charge in [-0.15, -0.1) is 24.0 Å². The molecule has 0 heterocycles. The highest BCUT2D eigenvalue weighted by Crippen LogP contribution is 2.19. The van der Waals surface area contributed by atoms with Gasteiger partial charge in [0.05, 0.1) is 0 Å². The summed E-state index contributed by atoms with van der Waals surface area (Å²) in [7, 11) is 1.67. The Morgan fingerprint density at radius 3 is 2.46 bits per heavy atom. The molecule has 0 saturated heterocycles. The average Bonchev–Trinajstić information content (AvgIpc) is 2.55. The predicted molar refractivity (Wildman–Crippen MR) is 104 cm³/mol. The van der Waals surface area contributed by atoms with E-state index < -0.39 is 6.61 Å². The molecule has 0 atom stereocenters. The lowest BCUT2D eigenvalue weighted by Gasteiger charge is -2.19. The fourth-order valence-electron chi connectivity index (χ4n) is 2.13. The highest BCUT2D eigenvalue weighted by molar-refractivity contribution is 14.0. The molecule has 0 bridgehead atoms. The molecule has 24 heavy (non-hydrogen) atoms. The molecule has 0 radical (unpaired) electrons. The monoisotopic (exact) mass is 456 g/mol. The minimum Gasteiger partial charge on any atom is -0.434 e. The molecule has 0 aliphatic rings. The Morgan fingerprint density at radius 1 is 1.21 bits per heavy atom. The normalized spacial score (nSPS) is 11.4. The second-order valence-electron chi connectivity index (χ2n) is 4.87. The van der Waals surface area contributed by atoms with Crippen LogP contribution in [-0.4, -0.2) is 50.7 Å². The number of alkyl halides is 2. The lowest BCUT2D eigenvalue weighted by Crippen LogP contribution is -2.41. The Morgan fingerprint density at radius 2 is 1.88 bits per heavy atom. The summed E-state index contributed by atoms with van der Waals surface area (Å²) in [6, 6.07) is 6.72. The number of halogens is 3.